The third-order valence-corrected chi connectivity index (χ3v) is 2.58. The maximum atomic E-state index is 13.5. The molecule has 2 rings (SSSR count). The summed E-state index contributed by atoms with van der Waals surface area (Å²) in [6.07, 6.45) is 0. The van der Waals surface area contributed by atoms with Crippen LogP contribution in [0.25, 0.3) is 0 Å². The summed E-state index contributed by atoms with van der Waals surface area (Å²) in [6, 6.07) is 12.6. The summed E-state index contributed by atoms with van der Waals surface area (Å²) in [5.74, 6) is -0.828. The van der Waals surface area contributed by atoms with E-state index in [1.54, 1.807) is 6.92 Å². The van der Waals surface area contributed by atoms with Gasteiger partial charge in [0, 0.05) is 11.3 Å². The fourth-order valence-corrected chi connectivity index (χ4v) is 1.71. The lowest BCUT2D eigenvalue weighted by Gasteiger charge is -2.16. The molecule has 0 radical (unpaired) electrons. The van der Waals surface area contributed by atoms with E-state index in [0.717, 1.165) is 17.8 Å². The summed E-state index contributed by atoms with van der Waals surface area (Å²) in [4.78, 5) is 0. The van der Waals surface area contributed by atoms with E-state index in [2.05, 4.69) is 5.32 Å². The molecule has 0 saturated heterocycles. The Kier molecular flexibility index (Phi) is 3.38. The Morgan fingerprint density at radius 1 is 1.00 bits per heavy atom. The van der Waals surface area contributed by atoms with Gasteiger partial charge in [-0.3, -0.25) is 0 Å². The molecular weight excluding hydrogens is 220 g/mol. The van der Waals surface area contributed by atoms with E-state index in [4.69, 9.17) is 0 Å². The highest BCUT2D eigenvalue weighted by Gasteiger charge is 2.11. The van der Waals surface area contributed by atoms with Crippen LogP contribution >= 0.6 is 0 Å². The minimum atomic E-state index is -0.428. The summed E-state index contributed by atoms with van der Waals surface area (Å²) < 4.78 is 26.6. The Morgan fingerprint density at radius 3 is 2.41 bits per heavy atom. The van der Waals surface area contributed by atoms with Crippen LogP contribution in [0.5, 0.6) is 0 Å². The summed E-state index contributed by atoms with van der Waals surface area (Å²) in [5, 5.41) is 3.12. The first-order chi connectivity index (χ1) is 8.16. The molecule has 2 aromatic carbocycles. The van der Waals surface area contributed by atoms with Gasteiger partial charge >= 0.3 is 0 Å². The SMILES string of the molecule is CC(Nc1ccccc1)c1cc(F)ccc1F. The smallest absolute Gasteiger partial charge is 0.128 e. The van der Waals surface area contributed by atoms with Gasteiger partial charge in [-0.25, -0.2) is 8.78 Å². The van der Waals surface area contributed by atoms with Crippen molar-refractivity contribution in [1.29, 1.82) is 0 Å². The van der Waals surface area contributed by atoms with Gasteiger partial charge in [-0.05, 0) is 37.3 Å². The van der Waals surface area contributed by atoms with Crippen molar-refractivity contribution in [3.8, 4) is 0 Å². The average Bonchev–Trinajstić information content (AvgIpc) is 2.33. The van der Waals surface area contributed by atoms with Crippen LogP contribution in [0.3, 0.4) is 0 Å². The predicted octanol–water partition coefficient (Wildman–Crippen LogP) is 4.14. The van der Waals surface area contributed by atoms with E-state index < -0.39 is 11.6 Å². The molecule has 0 aliphatic carbocycles. The predicted molar refractivity (Wildman–Crippen MR) is 64.8 cm³/mol. The maximum Gasteiger partial charge on any atom is 0.128 e. The summed E-state index contributed by atoms with van der Waals surface area (Å²) in [6.45, 7) is 1.80. The van der Waals surface area contributed by atoms with Gasteiger partial charge in [-0.2, -0.15) is 0 Å². The molecule has 0 aliphatic rings. The van der Waals surface area contributed by atoms with Gasteiger partial charge in [-0.15, -0.1) is 0 Å². The minimum absolute atomic E-state index is 0.284. The zero-order valence-electron chi connectivity index (χ0n) is 9.45. The van der Waals surface area contributed by atoms with Gasteiger partial charge < -0.3 is 5.32 Å². The number of nitrogens with one attached hydrogen (secondary N) is 1. The van der Waals surface area contributed by atoms with Crippen molar-refractivity contribution in [2.45, 2.75) is 13.0 Å². The second-order valence-electron chi connectivity index (χ2n) is 3.90. The first-order valence-electron chi connectivity index (χ1n) is 5.43. The molecule has 0 aromatic heterocycles. The van der Waals surface area contributed by atoms with Crippen molar-refractivity contribution < 1.29 is 8.78 Å². The van der Waals surface area contributed by atoms with Gasteiger partial charge in [0.1, 0.15) is 11.6 Å². The number of anilines is 1. The van der Waals surface area contributed by atoms with Crippen LogP contribution in [0.2, 0.25) is 0 Å². The third-order valence-electron chi connectivity index (χ3n) is 2.58. The second-order valence-corrected chi connectivity index (χ2v) is 3.90. The molecule has 3 heteroatoms. The van der Waals surface area contributed by atoms with Gasteiger partial charge in [-0.1, -0.05) is 18.2 Å². The van der Waals surface area contributed by atoms with Crippen molar-refractivity contribution in [3.05, 3.63) is 65.7 Å². The van der Waals surface area contributed by atoms with E-state index in [1.165, 1.54) is 6.07 Å². The monoisotopic (exact) mass is 233 g/mol. The number of benzene rings is 2. The van der Waals surface area contributed by atoms with Gasteiger partial charge in [0.25, 0.3) is 0 Å². The van der Waals surface area contributed by atoms with Gasteiger partial charge in [0.05, 0.1) is 6.04 Å². The Balaban J connectivity index is 2.20. The fourth-order valence-electron chi connectivity index (χ4n) is 1.71. The first-order valence-corrected chi connectivity index (χ1v) is 5.43. The van der Waals surface area contributed by atoms with E-state index in [9.17, 15) is 8.78 Å². The van der Waals surface area contributed by atoms with Crippen molar-refractivity contribution in [2.24, 2.45) is 0 Å². The van der Waals surface area contributed by atoms with Crippen molar-refractivity contribution in [1.82, 2.24) is 0 Å². The van der Waals surface area contributed by atoms with E-state index in [-0.39, 0.29) is 6.04 Å². The molecule has 2 aromatic rings. The fraction of sp³-hybridized carbons (Fsp3) is 0.143. The molecule has 0 amide bonds. The highest BCUT2D eigenvalue weighted by Crippen LogP contribution is 2.22. The van der Waals surface area contributed by atoms with Crippen LogP contribution in [0, 0.1) is 11.6 Å². The van der Waals surface area contributed by atoms with Crippen LogP contribution in [-0.4, -0.2) is 0 Å². The van der Waals surface area contributed by atoms with Crippen molar-refractivity contribution >= 4 is 5.69 Å². The van der Waals surface area contributed by atoms with Crippen LogP contribution in [0.4, 0.5) is 14.5 Å². The standard InChI is InChI=1S/C14H13F2N/c1-10(17-12-5-3-2-4-6-12)13-9-11(15)7-8-14(13)16/h2-10,17H,1H3. The number of para-hydroxylation sites is 1. The molecule has 88 valence electrons. The third kappa shape index (κ3) is 2.81. The Bertz CT molecular complexity index is 497. The molecule has 0 spiro atoms. The van der Waals surface area contributed by atoms with Crippen molar-refractivity contribution in [2.75, 3.05) is 5.32 Å². The lowest BCUT2D eigenvalue weighted by molar-refractivity contribution is 0.577. The lowest BCUT2D eigenvalue weighted by Crippen LogP contribution is -2.08. The van der Waals surface area contributed by atoms with Crippen LogP contribution in [-0.2, 0) is 0 Å². The molecule has 0 fully saturated rings. The Morgan fingerprint density at radius 2 is 1.71 bits per heavy atom. The quantitative estimate of drug-likeness (QED) is 0.840. The average molecular weight is 233 g/mol. The van der Waals surface area contributed by atoms with E-state index >= 15 is 0 Å². The van der Waals surface area contributed by atoms with Crippen LogP contribution < -0.4 is 5.32 Å². The molecule has 1 unspecified atom stereocenters. The Labute approximate surface area is 99.1 Å². The number of halogens is 2. The Hall–Kier alpha value is -1.90. The van der Waals surface area contributed by atoms with Gasteiger partial charge in [0.15, 0.2) is 0 Å². The van der Waals surface area contributed by atoms with E-state index in [0.29, 0.717) is 5.56 Å². The normalized spacial score (nSPS) is 12.2. The molecule has 1 N–H and O–H groups in total. The highest BCUT2D eigenvalue weighted by molar-refractivity contribution is 5.45. The second kappa shape index (κ2) is 4.95. The molecular formula is C14H13F2N. The van der Waals surface area contributed by atoms with Crippen LogP contribution in [0.15, 0.2) is 48.5 Å². The van der Waals surface area contributed by atoms with Crippen molar-refractivity contribution in [3.63, 3.8) is 0 Å². The van der Waals surface area contributed by atoms with E-state index in [1.807, 2.05) is 30.3 Å². The lowest BCUT2D eigenvalue weighted by atomic mass is 10.1. The first kappa shape index (κ1) is 11.6. The number of hydrogen-bond acceptors (Lipinski definition) is 1. The topological polar surface area (TPSA) is 12.0 Å². The maximum absolute atomic E-state index is 13.5. The summed E-state index contributed by atoms with van der Waals surface area (Å²) in [7, 11) is 0. The summed E-state index contributed by atoms with van der Waals surface area (Å²) >= 11 is 0. The number of hydrogen-bond donors (Lipinski definition) is 1. The molecule has 1 atom stereocenters. The van der Waals surface area contributed by atoms with Crippen LogP contribution in [0.1, 0.15) is 18.5 Å². The largest absolute Gasteiger partial charge is 0.378 e. The highest BCUT2D eigenvalue weighted by atomic mass is 19.1. The summed E-state index contributed by atoms with van der Waals surface area (Å²) in [5.41, 5.74) is 1.21. The molecule has 0 heterocycles. The molecule has 1 nitrogen and oxygen atoms in total. The van der Waals surface area contributed by atoms with Gasteiger partial charge in [0.2, 0.25) is 0 Å². The zero-order valence-corrected chi connectivity index (χ0v) is 9.45. The molecule has 0 saturated carbocycles. The molecule has 0 aliphatic heterocycles. The molecule has 17 heavy (non-hydrogen) atoms. The minimum Gasteiger partial charge on any atom is -0.378 e. The number of rotatable bonds is 3. The molecule has 0 bridgehead atoms. The zero-order chi connectivity index (χ0) is 12.3.